The number of rotatable bonds is 4. The number of nitrogens with zero attached hydrogens (tertiary/aromatic N) is 2. The lowest BCUT2D eigenvalue weighted by atomic mass is 10.0. The Balaban J connectivity index is 1.55. The first-order valence-electron chi connectivity index (χ1n) is 10.1. The number of hydrogen-bond acceptors (Lipinski definition) is 5. The summed E-state index contributed by atoms with van der Waals surface area (Å²) in [5, 5.41) is 10.1. The molecular weight excluding hydrogens is 388 g/mol. The van der Waals surface area contributed by atoms with E-state index in [2.05, 4.69) is 6.07 Å². The molecule has 150 valence electrons. The van der Waals surface area contributed by atoms with Crippen molar-refractivity contribution in [2.75, 3.05) is 0 Å². The summed E-state index contributed by atoms with van der Waals surface area (Å²) in [7, 11) is 0. The highest BCUT2D eigenvalue weighted by atomic mass is 16.5. The van der Waals surface area contributed by atoms with Crippen molar-refractivity contribution in [3.8, 4) is 6.07 Å². The average Bonchev–Trinajstić information content (AvgIpc) is 3.46. The monoisotopic (exact) mass is 406 g/mol. The molecule has 1 aliphatic rings. The molecule has 1 aliphatic carbocycles. The van der Waals surface area contributed by atoms with Gasteiger partial charge < -0.3 is 9.15 Å². The summed E-state index contributed by atoms with van der Waals surface area (Å²) in [6.45, 7) is 0.0447. The third-order valence-electron chi connectivity index (χ3n) is 5.50. The van der Waals surface area contributed by atoms with Gasteiger partial charge in [0.2, 0.25) is 0 Å². The highest BCUT2D eigenvalue weighted by Gasteiger charge is 2.27. The number of pyridine rings is 1. The van der Waals surface area contributed by atoms with Crippen molar-refractivity contribution in [3.05, 3.63) is 101 Å². The van der Waals surface area contributed by atoms with Crippen LogP contribution >= 0.6 is 0 Å². The van der Waals surface area contributed by atoms with Gasteiger partial charge in [-0.3, -0.25) is 0 Å². The molecule has 0 aliphatic heterocycles. The van der Waals surface area contributed by atoms with Crippen LogP contribution in [-0.4, -0.2) is 11.0 Å². The molecule has 5 heteroatoms. The van der Waals surface area contributed by atoms with Gasteiger partial charge in [-0.15, -0.1) is 0 Å². The molecule has 2 aromatic carbocycles. The summed E-state index contributed by atoms with van der Waals surface area (Å²) in [6.07, 6.45) is 5.10. The van der Waals surface area contributed by atoms with Crippen molar-refractivity contribution in [2.45, 2.75) is 19.4 Å². The van der Waals surface area contributed by atoms with E-state index in [1.54, 1.807) is 24.5 Å². The van der Waals surface area contributed by atoms with Gasteiger partial charge in [0.25, 0.3) is 0 Å². The van der Waals surface area contributed by atoms with Gasteiger partial charge in [-0.1, -0.05) is 36.4 Å². The number of para-hydroxylation sites is 1. The Morgan fingerprint density at radius 2 is 1.94 bits per heavy atom. The number of ether oxygens (including phenoxy) is 1. The minimum Gasteiger partial charge on any atom is -0.465 e. The second-order valence-electron chi connectivity index (χ2n) is 7.36. The van der Waals surface area contributed by atoms with Crippen LogP contribution in [0.3, 0.4) is 0 Å². The molecule has 0 radical (unpaired) electrons. The van der Waals surface area contributed by atoms with Crippen molar-refractivity contribution in [3.63, 3.8) is 0 Å². The minimum absolute atomic E-state index is 0.0447. The first kappa shape index (κ1) is 18.8. The van der Waals surface area contributed by atoms with Gasteiger partial charge in [0.15, 0.2) is 0 Å². The number of carbonyl (C=O) groups is 1. The van der Waals surface area contributed by atoms with Gasteiger partial charge in [0.1, 0.15) is 12.4 Å². The van der Waals surface area contributed by atoms with Gasteiger partial charge >= 0.3 is 5.97 Å². The van der Waals surface area contributed by atoms with Crippen LogP contribution in [0, 0.1) is 11.3 Å². The van der Waals surface area contributed by atoms with E-state index in [1.807, 2.05) is 48.5 Å². The number of allylic oxidation sites excluding steroid dienone is 1. The average molecular weight is 406 g/mol. The van der Waals surface area contributed by atoms with E-state index in [-0.39, 0.29) is 6.61 Å². The molecule has 0 N–H and O–H groups in total. The highest BCUT2D eigenvalue weighted by Crippen LogP contribution is 2.38. The number of carbonyl (C=O) groups excluding carboxylic acids is 1. The second-order valence-corrected chi connectivity index (χ2v) is 7.36. The molecule has 4 aromatic rings. The van der Waals surface area contributed by atoms with Gasteiger partial charge in [0.05, 0.1) is 34.7 Å². The molecule has 0 saturated heterocycles. The van der Waals surface area contributed by atoms with Crippen LogP contribution in [0.1, 0.15) is 44.9 Å². The smallest absolute Gasteiger partial charge is 0.339 e. The summed E-state index contributed by atoms with van der Waals surface area (Å²) < 4.78 is 11.1. The molecule has 2 aromatic heterocycles. The lowest BCUT2D eigenvalue weighted by Gasteiger charge is -2.13. The second kappa shape index (κ2) is 7.92. The molecule has 0 amide bonds. The third kappa shape index (κ3) is 3.49. The first-order valence-corrected chi connectivity index (χ1v) is 10.1. The zero-order valence-corrected chi connectivity index (χ0v) is 16.7. The van der Waals surface area contributed by atoms with Gasteiger partial charge in [-0.25, -0.2) is 9.78 Å². The molecular formula is C26H18N2O3. The van der Waals surface area contributed by atoms with Crippen molar-refractivity contribution in [1.29, 1.82) is 5.26 Å². The molecule has 0 fully saturated rings. The van der Waals surface area contributed by atoms with Crippen molar-refractivity contribution >= 4 is 28.5 Å². The van der Waals surface area contributed by atoms with Gasteiger partial charge in [-0.05, 0) is 54.3 Å². The minimum atomic E-state index is -0.401. The number of hydrogen-bond donors (Lipinski definition) is 0. The van der Waals surface area contributed by atoms with Gasteiger partial charge in [0, 0.05) is 10.9 Å². The molecule has 0 bridgehead atoms. The predicted octanol–water partition coefficient (Wildman–Crippen LogP) is 5.54. The summed E-state index contributed by atoms with van der Waals surface area (Å²) in [6, 6.07) is 20.6. The van der Waals surface area contributed by atoms with E-state index in [1.165, 1.54) is 0 Å². The molecule has 0 atom stereocenters. The van der Waals surface area contributed by atoms with E-state index in [9.17, 15) is 10.1 Å². The van der Waals surface area contributed by atoms with Crippen molar-refractivity contribution in [1.82, 2.24) is 4.98 Å². The molecule has 2 heterocycles. The van der Waals surface area contributed by atoms with Crippen LogP contribution in [0.25, 0.3) is 22.6 Å². The maximum absolute atomic E-state index is 13.2. The van der Waals surface area contributed by atoms with E-state index in [4.69, 9.17) is 14.1 Å². The zero-order chi connectivity index (χ0) is 21.2. The molecule has 5 nitrogen and oxygen atoms in total. The fourth-order valence-electron chi connectivity index (χ4n) is 4.03. The van der Waals surface area contributed by atoms with E-state index in [0.29, 0.717) is 23.1 Å². The van der Waals surface area contributed by atoms with Crippen LogP contribution in [-0.2, 0) is 17.8 Å². The number of aromatic nitrogens is 1. The van der Waals surface area contributed by atoms with Crippen LogP contribution < -0.4 is 0 Å². The molecule has 0 unspecified atom stereocenters. The number of fused-ring (bicyclic) bond motifs is 2. The Morgan fingerprint density at radius 1 is 1.10 bits per heavy atom. The van der Waals surface area contributed by atoms with E-state index < -0.39 is 5.97 Å². The van der Waals surface area contributed by atoms with Crippen LogP contribution in [0.2, 0.25) is 0 Å². The Morgan fingerprint density at radius 3 is 2.77 bits per heavy atom. The fraction of sp³-hybridized carbons (Fsp3) is 0.115. The quantitative estimate of drug-likeness (QED) is 0.416. The number of furan rings is 1. The van der Waals surface area contributed by atoms with Crippen LogP contribution in [0.15, 0.2) is 71.3 Å². The highest BCUT2D eigenvalue weighted by molar-refractivity contribution is 6.07. The third-order valence-corrected chi connectivity index (χ3v) is 5.50. The number of nitriles is 1. The summed E-state index contributed by atoms with van der Waals surface area (Å²) >= 11 is 0. The fourth-order valence-corrected chi connectivity index (χ4v) is 4.03. The first-order chi connectivity index (χ1) is 15.2. The van der Waals surface area contributed by atoms with Crippen LogP contribution in [0.4, 0.5) is 0 Å². The van der Waals surface area contributed by atoms with E-state index >= 15 is 0 Å². The molecule has 0 saturated carbocycles. The Kier molecular flexibility index (Phi) is 4.81. The molecule has 0 spiro atoms. The Bertz CT molecular complexity index is 1360. The largest absolute Gasteiger partial charge is 0.465 e. The molecule has 31 heavy (non-hydrogen) atoms. The predicted molar refractivity (Wildman–Crippen MR) is 117 cm³/mol. The lowest BCUT2D eigenvalue weighted by molar-refractivity contribution is 0.0473. The van der Waals surface area contributed by atoms with E-state index in [0.717, 1.165) is 39.9 Å². The number of benzene rings is 2. The van der Waals surface area contributed by atoms with Gasteiger partial charge in [-0.2, -0.15) is 5.26 Å². The SMILES string of the molecule is N#Cc1ccccc1COC(=O)c1c2c(nc3ccccc13)C(=Cc1ccco1)CC2. The lowest BCUT2D eigenvalue weighted by Crippen LogP contribution is -2.11. The molecule has 5 rings (SSSR count). The zero-order valence-electron chi connectivity index (χ0n) is 16.7. The summed E-state index contributed by atoms with van der Waals surface area (Å²) in [5.41, 5.74) is 5.25. The maximum atomic E-state index is 13.2. The number of esters is 1. The summed E-state index contributed by atoms with van der Waals surface area (Å²) in [5.74, 6) is 0.358. The standard InChI is InChI=1S/C26H18N2O3/c27-15-18-6-1-2-7-19(18)16-31-26(29)24-21-9-3-4-10-23(21)28-25-17(11-12-22(24)25)14-20-8-5-13-30-20/h1-10,13-14H,11-12,16H2. The van der Waals surface area contributed by atoms with Crippen LogP contribution in [0.5, 0.6) is 0 Å². The Labute approximate surface area is 179 Å². The summed E-state index contributed by atoms with van der Waals surface area (Å²) in [4.78, 5) is 18.1. The normalized spacial score (nSPS) is 13.8. The van der Waals surface area contributed by atoms with Crippen molar-refractivity contribution in [2.24, 2.45) is 0 Å². The van der Waals surface area contributed by atoms with Crippen molar-refractivity contribution < 1.29 is 13.9 Å². The topological polar surface area (TPSA) is 76.1 Å². The maximum Gasteiger partial charge on any atom is 0.339 e. The Hall–Kier alpha value is -4.17.